The van der Waals surface area contributed by atoms with Gasteiger partial charge in [-0.3, -0.25) is 0 Å². The van der Waals surface area contributed by atoms with Gasteiger partial charge in [-0.2, -0.15) is 0 Å². The highest BCUT2D eigenvalue weighted by molar-refractivity contribution is 6.31. The molecule has 0 fully saturated rings. The number of pyridine rings is 1. The number of nitrogens with zero attached hydrogens (tertiary/aromatic N) is 1. The van der Waals surface area contributed by atoms with E-state index in [0.29, 0.717) is 16.3 Å². The smallest absolute Gasteiger partial charge is 0.329 e. The molecule has 0 bridgehead atoms. The van der Waals surface area contributed by atoms with Gasteiger partial charge in [-0.25, -0.2) is 9.78 Å². The quantitative estimate of drug-likeness (QED) is 0.825. The fourth-order valence-corrected chi connectivity index (χ4v) is 2.48. The lowest BCUT2D eigenvalue weighted by Gasteiger charge is -2.19. The maximum atomic E-state index is 11.2. The second-order valence-corrected chi connectivity index (χ2v) is 6.82. The largest absolute Gasteiger partial charge is 0.480 e. The number of carboxylic acids is 1. The normalized spacial score (nSPS) is 12.1. The Kier molecular flexibility index (Phi) is 5.30. The topological polar surface area (TPSA) is 59.4 Å². The lowest BCUT2D eigenvalue weighted by Crippen LogP contribution is -2.10. The average Bonchev–Trinajstić information content (AvgIpc) is 2.52. The number of halogens is 1. The summed E-state index contributed by atoms with van der Waals surface area (Å²) in [5, 5.41) is 9.58. The van der Waals surface area contributed by atoms with Crippen LogP contribution in [0.25, 0.3) is 5.57 Å². The molecule has 0 saturated heterocycles. The van der Waals surface area contributed by atoms with Gasteiger partial charge < -0.3 is 9.84 Å². The molecule has 0 spiro atoms. The van der Waals surface area contributed by atoms with E-state index in [9.17, 15) is 9.90 Å². The van der Waals surface area contributed by atoms with Crippen molar-refractivity contribution < 1.29 is 14.6 Å². The summed E-state index contributed by atoms with van der Waals surface area (Å²) in [6.07, 6.45) is 1.14. The Balaban J connectivity index is 2.53. The van der Waals surface area contributed by atoms with Gasteiger partial charge in [0.25, 0.3) is 0 Å². The van der Waals surface area contributed by atoms with Gasteiger partial charge in [0.1, 0.15) is 5.02 Å². The van der Waals surface area contributed by atoms with Crippen LogP contribution in [0.3, 0.4) is 0 Å². The summed E-state index contributed by atoms with van der Waals surface area (Å²) >= 11 is 6.00. The molecule has 0 amide bonds. The van der Waals surface area contributed by atoms with Crippen LogP contribution in [-0.2, 0) is 10.2 Å². The van der Waals surface area contributed by atoms with Crippen LogP contribution >= 0.6 is 11.6 Å². The Morgan fingerprint density at radius 2 is 1.79 bits per heavy atom. The van der Waals surface area contributed by atoms with Crippen molar-refractivity contribution in [3.05, 3.63) is 64.3 Å². The van der Waals surface area contributed by atoms with Crippen molar-refractivity contribution >= 4 is 23.1 Å². The zero-order chi connectivity index (χ0) is 17.9. The van der Waals surface area contributed by atoms with Crippen molar-refractivity contribution in [2.75, 3.05) is 7.11 Å². The Morgan fingerprint density at radius 1 is 1.17 bits per heavy atom. The van der Waals surface area contributed by atoms with E-state index in [-0.39, 0.29) is 11.3 Å². The summed E-state index contributed by atoms with van der Waals surface area (Å²) in [6.45, 7) is 6.38. The Hall–Kier alpha value is -2.33. The first kappa shape index (κ1) is 18.0. The second kappa shape index (κ2) is 7.05. The summed E-state index contributed by atoms with van der Waals surface area (Å²) in [7, 11) is 1.47. The number of carbonyl (C=O) groups is 1. The number of aromatic nitrogens is 1. The first-order valence-electron chi connectivity index (χ1n) is 7.49. The minimum absolute atomic E-state index is 0.0248. The molecule has 2 rings (SSSR count). The van der Waals surface area contributed by atoms with Gasteiger partial charge >= 0.3 is 5.97 Å². The fraction of sp³-hybridized carbons (Fsp3) is 0.263. The monoisotopic (exact) mass is 345 g/mol. The van der Waals surface area contributed by atoms with Crippen molar-refractivity contribution in [3.8, 4) is 5.88 Å². The fourth-order valence-electron chi connectivity index (χ4n) is 2.30. The van der Waals surface area contributed by atoms with Gasteiger partial charge in [-0.15, -0.1) is 0 Å². The number of hydrogen-bond donors (Lipinski definition) is 1. The average molecular weight is 346 g/mol. The molecular weight excluding hydrogens is 326 g/mol. The lowest BCUT2D eigenvalue weighted by molar-refractivity contribution is -0.131. The van der Waals surface area contributed by atoms with Crippen LogP contribution in [0.1, 0.15) is 37.6 Å². The number of benzene rings is 1. The molecule has 0 radical (unpaired) electrons. The van der Waals surface area contributed by atoms with Gasteiger partial charge in [0.05, 0.1) is 12.8 Å². The van der Waals surface area contributed by atoms with Crippen LogP contribution in [0.2, 0.25) is 5.02 Å². The first-order chi connectivity index (χ1) is 11.2. The summed E-state index contributed by atoms with van der Waals surface area (Å²) in [4.78, 5) is 15.5. The van der Waals surface area contributed by atoms with Crippen LogP contribution in [0.15, 0.2) is 42.5 Å². The summed E-state index contributed by atoms with van der Waals surface area (Å²) < 4.78 is 5.12. The Bertz CT molecular complexity index is 774. The zero-order valence-electron chi connectivity index (χ0n) is 14.1. The van der Waals surface area contributed by atoms with Gasteiger partial charge in [-0.05, 0) is 28.7 Å². The summed E-state index contributed by atoms with van der Waals surface area (Å²) in [6, 6.07) is 11.1. The van der Waals surface area contributed by atoms with Crippen LogP contribution in [-0.4, -0.2) is 23.2 Å². The van der Waals surface area contributed by atoms with Crippen LogP contribution < -0.4 is 4.74 Å². The van der Waals surface area contributed by atoms with E-state index in [4.69, 9.17) is 16.3 Å². The van der Waals surface area contributed by atoms with Crippen molar-refractivity contribution in [2.24, 2.45) is 0 Å². The van der Waals surface area contributed by atoms with Gasteiger partial charge in [-0.1, -0.05) is 56.6 Å². The number of ether oxygens (including phenoxy) is 1. The summed E-state index contributed by atoms with van der Waals surface area (Å²) in [5.41, 5.74) is 2.95. The molecule has 0 atom stereocenters. The third-order valence-electron chi connectivity index (χ3n) is 3.61. The van der Waals surface area contributed by atoms with Crippen molar-refractivity contribution in [1.82, 2.24) is 4.98 Å². The Morgan fingerprint density at radius 3 is 2.29 bits per heavy atom. The SMILES string of the molecule is COc1nc(C(=CC(=O)O)c2ccc(C(C)(C)C)cc2)ccc1Cl. The van der Waals surface area contributed by atoms with E-state index in [2.05, 4.69) is 25.8 Å². The standard InChI is InChI=1S/C19H20ClNO3/c1-19(2,3)13-7-5-12(6-8-13)14(11-17(22)23)16-10-9-15(20)18(21-16)24-4/h5-11H,1-4H3,(H,22,23). The molecule has 0 saturated carbocycles. The lowest BCUT2D eigenvalue weighted by atomic mass is 9.86. The van der Waals surface area contributed by atoms with Crippen molar-refractivity contribution in [3.63, 3.8) is 0 Å². The molecule has 1 N–H and O–H groups in total. The number of carboxylic acid groups (broad SMARTS) is 1. The molecule has 4 nitrogen and oxygen atoms in total. The molecule has 0 unspecified atom stereocenters. The molecule has 5 heteroatoms. The van der Waals surface area contributed by atoms with E-state index in [1.807, 2.05) is 24.3 Å². The molecular formula is C19H20ClNO3. The number of rotatable bonds is 4. The Labute approximate surface area is 146 Å². The minimum Gasteiger partial charge on any atom is -0.480 e. The molecule has 1 aromatic heterocycles. The van der Waals surface area contributed by atoms with Crippen molar-refractivity contribution in [1.29, 1.82) is 0 Å². The zero-order valence-corrected chi connectivity index (χ0v) is 14.9. The minimum atomic E-state index is -1.04. The van der Waals surface area contributed by atoms with E-state index < -0.39 is 5.97 Å². The predicted molar refractivity (Wildman–Crippen MR) is 95.7 cm³/mol. The van der Waals surface area contributed by atoms with E-state index in [0.717, 1.165) is 11.6 Å². The number of aliphatic carboxylic acids is 1. The van der Waals surface area contributed by atoms with Crippen molar-refractivity contribution in [2.45, 2.75) is 26.2 Å². The second-order valence-electron chi connectivity index (χ2n) is 6.41. The van der Waals surface area contributed by atoms with Crippen LogP contribution in [0, 0.1) is 0 Å². The third-order valence-corrected chi connectivity index (χ3v) is 3.90. The maximum Gasteiger partial charge on any atom is 0.329 e. The van der Waals surface area contributed by atoms with Crippen LogP contribution in [0.4, 0.5) is 0 Å². The first-order valence-corrected chi connectivity index (χ1v) is 7.86. The summed E-state index contributed by atoms with van der Waals surface area (Å²) in [5.74, 6) is -0.780. The molecule has 0 aliphatic rings. The predicted octanol–water partition coefficient (Wildman–Crippen LogP) is 4.56. The molecule has 1 heterocycles. The molecule has 1 aromatic carbocycles. The van der Waals surface area contributed by atoms with Gasteiger partial charge in [0.15, 0.2) is 0 Å². The number of hydrogen-bond acceptors (Lipinski definition) is 3. The highest BCUT2D eigenvalue weighted by Gasteiger charge is 2.16. The van der Waals surface area contributed by atoms with Crippen LogP contribution in [0.5, 0.6) is 5.88 Å². The molecule has 126 valence electrons. The van der Waals surface area contributed by atoms with E-state index >= 15 is 0 Å². The van der Waals surface area contributed by atoms with E-state index in [1.165, 1.54) is 12.7 Å². The third kappa shape index (κ3) is 4.15. The highest BCUT2D eigenvalue weighted by atomic mass is 35.5. The molecule has 24 heavy (non-hydrogen) atoms. The molecule has 2 aromatic rings. The van der Waals surface area contributed by atoms with Gasteiger partial charge in [0.2, 0.25) is 5.88 Å². The molecule has 0 aliphatic heterocycles. The maximum absolute atomic E-state index is 11.2. The highest BCUT2D eigenvalue weighted by Crippen LogP contribution is 2.29. The molecule has 0 aliphatic carbocycles. The van der Waals surface area contributed by atoms with Gasteiger partial charge in [0, 0.05) is 11.6 Å². The van der Waals surface area contributed by atoms with E-state index in [1.54, 1.807) is 12.1 Å². The number of methoxy groups -OCH3 is 1.